The third-order valence-corrected chi connectivity index (χ3v) is 5.94. The first-order valence-corrected chi connectivity index (χ1v) is 9.59. The SMILES string of the molecule is CCCCCc1cc2c(c(O)c1C=O)C1C=C(C)CCC1C(C)(C)O2. The Kier molecular flexibility index (Phi) is 4.95. The number of fused-ring (bicyclic) bond motifs is 3. The van der Waals surface area contributed by atoms with Gasteiger partial charge in [0.05, 0.1) is 5.56 Å². The van der Waals surface area contributed by atoms with Gasteiger partial charge in [-0.25, -0.2) is 0 Å². The van der Waals surface area contributed by atoms with Crippen molar-refractivity contribution in [1.82, 2.24) is 0 Å². The molecule has 0 amide bonds. The molecule has 3 nitrogen and oxygen atoms in total. The van der Waals surface area contributed by atoms with Gasteiger partial charge in [-0.05, 0) is 58.1 Å². The van der Waals surface area contributed by atoms with Crippen LogP contribution in [0, 0.1) is 5.92 Å². The highest BCUT2D eigenvalue weighted by molar-refractivity contribution is 5.84. The van der Waals surface area contributed by atoms with Gasteiger partial charge < -0.3 is 9.84 Å². The number of rotatable bonds is 5. The second-order valence-electron chi connectivity index (χ2n) is 8.17. The normalized spacial score (nSPS) is 23.9. The Morgan fingerprint density at radius 2 is 2.12 bits per heavy atom. The molecule has 0 radical (unpaired) electrons. The minimum atomic E-state index is -0.273. The van der Waals surface area contributed by atoms with Gasteiger partial charge in [0.15, 0.2) is 6.29 Å². The number of carbonyl (C=O) groups is 1. The molecule has 1 N–H and O–H groups in total. The van der Waals surface area contributed by atoms with Gasteiger partial charge in [0, 0.05) is 17.4 Å². The largest absolute Gasteiger partial charge is 0.507 e. The van der Waals surface area contributed by atoms with E-state index in [2.05, 4.69) is 33.8 Å². The Bertz CT molecular complexity index is 700. The average molecular weight is 342 g/mol. The Morgan fingerprint density at radius 1 is 1.36 bits per heavy atom. The second-order valence-corrected chi connectivity index (χ2v) is 8.17. The maximum absolute atomic E-state index is 11.7. The second kappa shape index (κ2) is 6.86. The van der Waals surface area contributed by atoms with Crippen molar-refractivity contribution < 1.29 is 14.6 Å². The van der Waals surface area contributed by atoms with Crippen molar-refractivity contribution in [2.24, 2.45) is 5.92 Å². The Balaban J connectivity index is 2.11. The summed E-state index contributed by atoms with van der Waals surface area (Å²) in [4.78, 5) is 11.7. The number of carbonyl (C=O) groups excluding carboxylic acids is 1. The Morgan fingerprint density at radius 3 is 2.80 bits per heavy atom. The van der Waals surface area contributed by atoms with Gasteiger partial charge in [-0.1, -0.05) is 31.4 Å². The lowest BCUT2D eigenvalue weighted by molar-refractivity contribution is 0.0107. The van der Waals surface area contributed by atoms with Crippen molar-refractivity contribution >= 4 is 6.29 Å². The van der Waals surface area contributed by atoms with Crippen LogP contribution in [-0.4, -0.2) is 17.0 Å². The zero-order valence-electron chi connectivity index (χ0n) is 15.9. The number of aryl methyl sites for hydroxylation is 1. The van der Waals surface area contributed by atoms with Gasteiger partial charge in [-0.15, -0.1) is 0 Å². The van der Waals surface area contributed by atoms with Gasteiger partial charge in [0.2, 0.25) is 0 Å². The third-order valence-electron chi connectivity index (χ3n) is 5.94. The summed E-state index contributed by atoms with van der Waals surface area (Å²) >= 11 is 0. The summed E-state index contributed by atoms with van der Waals surface area (Å²) in [7, 11) is 0. The van der Waals surface area contributed by atoms with Gasteiger partial charge in [0.1, 0.15) is 17.1 Å². The number of phenols is 1. The first-order chi connectivity index (χ1) is 11.9. The van der Waals surface area contributed by atoms with Crippen LogP contribution in [0.2, 0.25) is 0 Å². The van der Waals surface area contributed by atoms with Gasteiger partial charge in [-0.3, -0.25) is 4.79 Å². The van der Waals surface area contributed by atoms with Crippen LogP contribution in [0.1, 0.15) is 87.2 Å². The number of phenolic OH excluding ortho intramolecular Hbond substituents is 1. The molecule has 1 aromatic rings. The molecule has 1 aliphatic carbocycles. The van der Waals surface area contributed by atoms with E-state index < -0.39 is 0 Å². The number of hydrogen-bond donors (Lipinski definition) is 1. The fraction of sp³-hybridized carbons (Fsp3) is 0.591. The van der Waals surface area contributed by atoms with Gasteiger partial charge in [0.25, 0.3) is 0 Å². The zero-order valence-corrected chi connectivity index (χ0v) is 15.9. The van der Waals surface area contributed by atoms with Crippen molar-refractivity contribution in [1.29, 1.82) is 0 Å². The summed E-state index contributed by atoms with van der Waals surface area (Å²) in [5, 5.41) is 10.9. The lowest BCUT2D eigenvalue weighted by Gasteiger charge is -2.46. The summed E-state index contributed by atoms with van der Waals surface area (Å²) in [6.07, 6.45) is 9.26. The Hall–Kier alpha value is -1.77. The molecular formula is C22H30O3. The van der Waals surface area contributed by atoms with Crippen LogP contribution in [0.15, 0.2) is 17.7 Å². The van der Waals surface area contributed by atoms with Crippen LogP contribution in [0.3, 0.4) is 0 Å². The van der Waals surface area contributed by atoms with Crippen LogP contribution < -0.4 is 4.74 Å². The van der Waals surface area contributed by atoms with Crippen LogP contribution in [0.4, 0.5) is 0 Å². The predicted octanol–water partition coefficient (Wildman–Crippen LogP) is 5.55. The quantitative estimate of drug-likeness (QED) is 0.433. The molecule has 0 aromatic heterocycles. The van der Waals surface area contributed by atoms with Gasteiger partial charge >= 0.3 is 0 Å². The van der Waals surface area contributed by atoms with Crippen LogP contribution in [0.25, 0.3) is 0 Å². The number of aldehydes is 1. The number of hydrogen-bond acceptors (Lipinski definition) is 3. The molecule has 2 atom stereocenters. The van der Waals surface area contributed by atoms with Crippen molar-refractivity contribution in [3.63, 3.8) is 0 Å². The minimum absolute atomic E-state index is 0.121. The van der Waals surface area contributed by atoms with Crippen LogP contribution in [0.5, 0.6) is 11.5 Å². The molecule has 3 rings (SSSR count). The molecule has 25 heavy (non-hydrogen) atoms. The van der Waals surface area contributed by atoms with E-state index in [1.54, 1.807) is 0 Å². The van der Waals surface area contributed by atoms with E-state index in [4.69, 9.17) is 4.74 Å². The molecule has 3 heteroatoms. The van der Waals surface area contributed by atoms with Crippen molar-refractivity contribution in [3.05, 3.63) is 34.4 Å². The van der Waals surface area contributed by atoms with E-state index in [9.17, 15) is 9.90 Å². The standard InChI is InChI=1S/C22H30O3/c1-5-6-7-8-15-12-19-20(21(24)17(15)13-23)16-11-14(2)9-10-18(16)22(3,4)25-19/h11-13,16,18,24H,5-10H2,1-4H3. The maximum Gasteiger partial charge on any atom is 0.154 e. The number of aromatic hydroxyl groups is 1. The number of benzene rings is 1. The van der Waals surface area contributed by atoms with Crippen molar-refractivity contribution in [2.45, 2.75) is 77.7 Å². The van der Waals surface area contributed by atoms with E-state index in [1.807, 2.05) is 6.07 Å². The van der Waals surface area contributed by atoms with Crippen molar-refractivity contribution in [3.8, 4) is 11.5 Å². The maximum atomic E-state index is 11.7. The molecule has 2 aliphatic rings. The molecule has 0 saturated carbocycles. The molecule has 0 saturated heterocycles. The molecule has 0 bridgehead atoms. The molecule has 1 aliphatic heterocycles. The lowest BCUT2D eigenvalue weighted by Crippen LogP contribution is -2.45. The average Bonchev–Trinajstić information content (AvgIpc) is 2.54. The lowest BCUT2D eigenvalue weighted by atomic mass is 9.67. The molecule has 1 aromatic carbocycles. The smallest absolute Gasteiger partial charge is 0.154 e. The van der Waals surface area contributed by atoms with E-state index in [0.29, 0.717) is 11.5 Å². The fourth-order valence-electron chi connectivity index (χ4n) is 4.53. The molecule has 1 heterocycles. The summed E-state index contributed by atoms with van der Waals surface area (Å²) in [6.45, 7) is 8.59. The minimum Gasteiger partial charge on any atom is -0.507 e. The number of ether oxygens (including phenoxy) is 1. The first kappa shape index (κ1) is 18.0. The summed E-state index contributed by atoms with van der Waals surface area (Å²) in [6, 6.07) is 2.00. The molecule has 2 unspecified atom stereocenters. The van der Waals surface area contributed by atoms with Crippen molar-refractivity contribution in [2.75, 3.05) is 0 Å². The zero-order chi connectivity index (χ0) is 18.2. The highest BCUT2D eigenvalue weighted by Crippen LogP contribution is 2.54. The summed E-state index contributed by atoms with van der Waals surface area (Å²) in [5.41, 5.74) is 3.25. The Labute approximate surface area is 151 Å². The number of unbranched alkanes of at least 4 members (excludes halogenated alkanes) is 2. The predicted molar refractivity (Wildman–Crippen MR) is 101 cm³/mol. The van der Waals surface area contributed by atoms with E-state index in [0.717, 1.165) is 61.7 Å². The summed E-state index contributed by atoms with van der Waals surface area (Å²) < 4.78 is 6.35. The van der Waals surface area contributed by atoms with Gasteiger partial charge in [-0.2, -0.15) is 0 Å². The first-order valence-electron chi connectivity index (χ1n) is 9.59. The van der Waals surface area contributed by atoms with E-state index >= 15 is 0 Å². The fourth-order valence-corrected chi connectivity index (χ4v) is 4.53. The molecule has 0 fully saturated rings. The number of allylic oxidation sites excluding steroid dienone is 2. The highest BCUT2D eigenvalue weighted by Gasteiger charge is 2.45. The molecular weight excluding hydrogens is 312 g/mol. The third kappa shape index (κ3) is 3.21. The van der Waals surface area contributed by atoms with Crippen LogP contribution >= 0.6 is 0 Å². The van der Waals surface area contributed by atoms with E-state index in [1.165, 1.54) is 5.57 Å². The van der Waals surface area contributed by atoms with E-state index in [-0.39, 0.29) is 17.3 Å². The van der Waals surface area contributed by atoms with Crippen LogP contribution in [-0.2, 0) is 6.42 Å². The highest BCUT2D eigenvalue weighted by atomic mass is 16.5. The molecule has 0 spiro atoms. The monoisotopic (exact) mass is 342 g/mol. The molecule has 136 valence electrons. The topological polar surface area (TPSA) is 46.5 Å². The summed E-state index contributed by atoms with van der Waals surface area (Å²) in [5.74, 6) is 1.33.